The number of benzene rings is 1. The van der Waals surface area contributed by atoms with Gasteiger partial charge >= 0.3 is 6.18 Å². The van der Waals surface area contributed by atoms with Gasteiger partial charge in [0.05, 0.1) is 22.5 Å². The van der Waals surface area contributed by atoms with Gasteiger partial charge in [0.1, 0.15) is 0 Å². The molecule has 6 heteroatoms. The van der Waals surface area contributed by atoms with Crippen molar-refractivity contribution < 1.29 is 18.0 Å². The number of hydrogen-bond acceptors (Lipinski definition) is 3. The molecule has 0 saturated heterocycles. The third kappa shape index (κ3) is 2.03. The van der Waals surface area contributed by atoms with Gasteiger partial charge in [-0.25, -0.2) is 0 Å². The maximum atomic E-state index is 12.5. The zero-order valence-electron chi connectivity index (χ0n) is 7.85. The third-order valence-corrected chi connectivity index (χ3v) is 1.94. The number of Topliss-reactive ketones (excluding diaryl/α,β-unsaturated/α-hetero) is 1. The van der Waals surface area contributed by atoms with Crippen LogP contribution in [0.5, 0.6) is 0 Å². The lowest BCUT2D eigenvalue weighted by Crippen LogP contribution is -2.15. The summed E-state index contributed by atoms with van der Waals surface area (Å²) < 4.78 is 37.4. The number of halogens is 3. The Morgan fingerprint density at radius 1 is 1.27 bits per heavy atom. The standard InChI is InChI=1S/C9H9F3N2O/c1-4(15)7-5(9(10,11)12)2-3-6(13)8(7)14/h2-3H,13-14H2,1H3. The molecule has 0 aliphatic rings. The molecule has 0 aromatic heterocycles. The lowest BCUT2D eigenvalue weighted by atomic mass is 10.0. The Hall–Kier alpha value is -1.72. The Labute approximate surface area is 83.9 Å². The highest BCUT2D eigenvalue weighted by molar-refractivity contribution is 6.03. The Morgan fingerprint density at radius 2 is 1.80 bits per heavy atom. The van der Waals surface area contributed by atoms with Crippen molar-refractivity contribution in [3.05, 3.63) is 23.3 Å². The van der Waals surface area contributed by atoms with Gasteiger partial charge in [-0.15, -0.1) is 0 Å². The molecule has 0 fully saturated rings. The van der Waals surface area contributed by atoms with Crippen molar-refractivity contribution in [2.75, 3.05) is 11.5 Å². The summed E-state index contributed by atoms with van der Waals surface area (Å²) in [6.45, 7) is 1.01. The lowest BCUT2D eigenvalue weighted by molar-refractivity contribution is -0.137. The van der Waals surface area contributed by atoms with Crippen LogP contribution in [0, 0.1) is 0 Å². The van der Waals surface area contributed by atoms with Crippen molar-refractivity contribution in [3.63, 3.8) is 0 Å². The van der Waals surface area contributed by atoms with Crippen molar-refractivity contribution in [1.29, 1.82) is 0 Å². The second kappa shape index (κ2) is 3.45. The number of alkyl halides is 3. The molecule has 0 unspecified atom stereocenters. The maximum absolute atomic E-state index is 12.5. The van der Waals surface area contributed by atoms with Gasteiger partial charge in [-0.3, -0.25) is 4.79 Å². The number of carbonyl (C=O) groups is 1. The van der Waals surface area contributed by atoms with Crippen LogP contribution in [-0.2, 0) is 6.18 Å². The van der Waals surface area contributed by atoms with Gasteiger partial charge < -0.3 is 11.5 Å². The highest BCUT2D eigenvalue weighted by Crippen LogP contribution is 2.36. The van der Waals surface area contributed by atoms with E-state index in [1.807, 2.05) is 0 Å². The van der Waals surface area contributed by atoms with Crippen LogP contribution in [0.15, 0.2) is 12.1 Å². The molecule has 1 aromatic rings. The molecular formula is C9H9F3N2O. The first-order valence-corrected chi connectivity index (χ1v) is 4.01. The smallest absolute Gasteiger partial charge is 0.397 e. The molecule has 0 aliphatic heterocycles. The number of ketones is 1. The summed E-state index contributed by atoms with van der Waals surface area (Å²) in [5.41, 5.74) is 8.68. The molecular weight excluding hydrogens is 209 g/mol. The first kappa shape index (κ1) is 11.4. The minimum atomic E-state index is -4.61. The van der Waals surface area contributed by atoms with Gasteiger partial charge in [0.25, 0.3) is 0 Å². The van der Waals surface area contributed by atoms with E-state index in [0.717, 1.165) is 19.1 Å². The fourth-order valence-electron chi connectivity index (χ4n) is 1.25. The third-order valence-electron chi connectivity index (χ3n) is 1.94. The molecule has 15 heavy (non-hydrogen) atoms. The van der Waals surface area contributed by atoms with Gasteiger partial charge in [-0.1, -0.05) is 0 Å². The fraction of sp³-hybridized carbons (Fsp3) is 0.222. The lowest BCUT2D eigenvalue weighted by Gasteiger charge is -2.14. The highest BCUT2D eigenvalue weighted by Gasteiger charge is 2.35. The van der Waals surface area contributed by atoms with E-state index in [1.54, 1.807) is 0 Å². The Kier molecular flexibility index (Phi) is 2.61. The van der Waals surface area contributed by atoms with Crippen LogP contribution < -0.4 is 11.5 Å². The minimum absolute atomic E-state index is 0.0341. The summed E-state index contributed by atoms with van der Waals surface area (Å²) in [5.74, 6) is -0.757. The van der Waals surface area contributed by atoms with E-state index in [1.165, 1.54) is 0 Å². The molecule has 0 aliphatic carbocycles. The molecule has 0 spiro atoms. The molecule has 0 bridgehead atoms. The minimum Gasteiger partial charge on any atom is -0.397 e. The predicted octanol–water partition coefficient (Wildman–Crippen LogP) is 2.07. The van der Waals surface area contributed by atoms with Crippen molar-refractivity contribution in [2.45, 2.75) is 13.1 Å². The maximum Gasteiger partial charge on any atom is 0.417 e. The number of rotatable bonds is 1. The van der Waals surface area contributed by atoms with Crippen LogP contribution in [0.2, 0.25) is 0 Å². The number of hydrogen-bond donors (Lipinski definition) is 2. The van der Waals surface area contributed by atoms with Gasteiger partial charge in [0, 0.05) is 0 Å². The Morgan fingerprint density at radius 3 is 2.20 bits per heavy atom. The molecule has 1 aromatic carbocycles. The molecule has 0 radical (unpaired) electrons. The molecule has 0 atom stereocenters. The van der Waals surface area contributed by atoms with Crippen molar-refractivity contribution in [2.24, 2.45) is 0 Å². The Bertz CT molecular complexity index is 413. The second-order valence-electron chi connectivity index (χ2n) is 3.04. The first-order valence-electron chi connectivity index (χ1n) is 4.01. The normalized spacial score (nSPS) is 11.5. The van der Waals surface area contributed by atoms with E-state index in [0.29, 0.717) is 0 Å². The molecule has 0 saturated carbocycles. The Balaban J connectivity index is 3.55. The molecule has 82 valence electrons. The SMILES string of the molecule is CC(=O)c1c(C(F)(F)F)ccc(N)c1N. The number of nitrogen functional groups attached to an aromatic ring is 2. The zero-order chi connectivity index (χ0) is 11.8. The van der Waals surface area contributed by atoms with Crippen molar-refractivity contribution in [3.8, 4) is 0 Å². The monoisotopic (exact) mass is 218 g/mol. The van der Waals surface area contributed by atoms with Crippen LogP contribution in [0.25, 0.3) is 0 Å². The second-order valence-corrected chi connectivity index (χ2v) is 3.04. The van der Waals surface area contributed by atoms with Gasteiger partial charge in [0.2, 0.25) is 0 Å². The average molecular weight is 218 g/mol. The van der Waals surface area contributed by atoms with E-state index in [9.17, 15) is 18.0 Å². The van der Waals surface area contributed by atoms with E-state index >= 15 is 0 Å². The van der Waals surface area contributed by atoms with E-state index < -0.39 is 23.1 Å². The summed E-state index contributed by atoms with van der Waals surface area (Å²) in [5, 5.41) is 0. The van der Waals surface area contributed by atoms with E-state index in [2.05, 4.69) is 0 Å². The molecule has 3 nitrogen and oxygen atoms in total. The summed E-state index contributed by atoms with van der Waals surface area (Å²) in [6, 6.07) is 1.78. The first-order chi connectivity index (χ1) is 6.75. The average Bonchev–Trinajstić information content (AvgIpc) is 2.06. The fourth-order valence-corrected chi connectivity index (χ4v) is 1.25. The molecule has 0 heterocycles. The van der Waals surface area contributed by atoms with Crippen LogP contribution >= 0.6 is 0 Å². The van der Waals surface area contributed by atoms with Gasteiger partial charge in [-0.2, -0.15) is 13.2 Å². The van der Waals surface area contributed by atoms with E-state index in [-0.39, 0.29) is 11.4 Å². The molecule has 0 amide bonds. The van der Waals surface area contributed by atoms with Crippen molar-refractivity contribution >= 4 is 17.2 Å². The van der Waals surface area contributed by atoms with Crippen LogP contribution in [0.1, 0.15) is 22.8 Å². The highest BCUT2D eigenvalue weighted by atomic mass is 19.4. The summed E-state index contributed by atoms with van der Waals surface area (Å²) >= 11 is 0. The zero-order valence-corrected chi connectivity index (χ0v) is 7.85. The largest absolute Gasteiger partial charge is 0.417 e. The number of nitrogens with two attached hydrogens (primary N) is 2. The summed E-state index contributed by atoms with van der Waals surface area (Å²) in [4.78, 5) is 11.1. The number of carbonyl (C=O) groups excluding carboxylic acids is 1. The quantitative estimate of drug-likeness (QED) is 0.560. The summed E-state index contributed by atoms with van der Waals surface area (Å²) in [7, 11) is 0. The van der Waals surface area contributed by atoms with Crippen LogP contribution in [-0.4, -0.2) is 5.78 Å². The predicted molar refractivity (Wildman–Crippen MR) is 50.3 cm³/mol. The number of anilines is 2. The topological polar surface area (TPSA) is 69.1 Å². The van der Waals surface area contributed by atoms with Gasteiger partial charge in [0.15, 0.2) is 5.78 Å². The van der Waals surface area contributed by atoms with Gasteiger partial charge in [-0.05, 0) is 19.1 Å². The van der Waals surface area contributed by atoms with E-state index in [4.69, 9.17) is 11.5 Å². The van der Waals surface area contributed by atoms with Crippen molar-refractivity contribution in [1.82, 2.24) is 0 Å². The summed E-state index contributed by atoms with van der Waals surface area (Å²) in [6.07, 6.45) is -4.61. The molecule has 1 rings (SSSR count). The van der Waals surface area contributed by atoms with Crippen LogP contribution in [0.3, 0.4) is 0 Å². The molecule has 4 N–H and O–H groups in total. The van der Waals surface area contributed by atoms with Crippen LogP contribution in [0.4, 0.5) is 24.5 Å².